The van der Waals surface area contributed by atoms with Crippen LogP contribution in [-0.2, 0) is 68.1 Å². The van der Waals surface area contributed by atoms with Gasteiger partial charge in [-0.3, -0.25) is 9.59 Å². The number of nitrogens with one attached hydrogen (secondary N) is 2. The van der Waals surface area contributed by atoms with Gasteiger partial charge in [-0.05, 0) is 5.92 Å². The molecule has 2 N–H and O–H groups in total. The number of carbonyl (C=O) groups is 2. The predicted molar refractivity (Wildman–Crippen MR) is 68.5 cm³/mol. The summed E-state index contributed by atoms with van der Waals surface area (Å²) >= 11 is 0. The van der Waals surface area contributed by atoms with Crippen LogP contribution in [0.4, 0.5) is 0 Å². The first kappa shape index (κ1) is 23.0. The van der Waals surface area contributed by atoms with Crippen LogP contribution in [0.3, 0.4) is 0 Å². The molecule has 1 radical (unpaired) electrons. The molecule has 1 aliphatic rings. The van der Waals surface area contributed by atoms with E-state index in [1.807, 2.05) is 20.3 Å². The van der Waals surface area contributed by atoms with E-state index in [0.29, 0.717) is 6.42 Å². The average molecular weight is 527 g/mol. The van der Waals surface area contributed by atoms with E-state index in [-0.39, 0.29) is 95.5 Å². The topological polar surface area (TPSA) is 79.2 Å². The molecule has 1 rings (SSSR count). The van der Waals surface area contributed by atoms with Crippen molar-refractivity contribution < 1.29 is 68.1 Å². The Labute approximate surface area is 160 Å². The summed E-state index contributed by atoms with van der Waals surface area (Å²) in [5.74, 6) is -0.592. The van der Waals surface area contributed by atoms with Crippen LogP contribution in [0.5, 0.6) is 0 Å². The van der Waals surface area contributed by atoms with Gasteiger partial charge in [-0.25, -0.2) is 0 Å². The Hall–Kier alpha value is 0.692. The number of rotatable bonds is 4. The molecule has 3 unspecified atom stereocenters. The first-order chi connectivity index (χ1) is 8.36. The fraction of sp³-hybridized carbons (Fsp3) is 0.769. The molecule has 7 heteroatoms. The van der Waals surface area contributed by atoms with E-state index in [4.69, 9.17) is 10.5 Å². The van der Waals surface area contributed by atoms with Gasteiger partial charge in [0.1, 0.15) is 0 Å². The van der Waals surface area contributed by atoms with Crippen molar-refractivity contribution in [2.24, 2.45) is 17.8 Å². The van der Waals surface area contributed by atoms with Gasteiger partial charge in [0.2, 0.25) is 5.91 Å². The molecule has 4 atom stereocenters. The van der Waals surface area contributed by atoms with Crippen LogP contribution < -0.4 is 5.32 Å². The number of hydrogen-bond donors (Lipinski definition) is 1. The summed E-state index contributed by atoms with van der Waals surface area (Å²) in [4.78, 5) is 22.7. The van der Waals surface area contributed by atoms with E-state index in [1.165, 1.54) is 14.0 Å². The minimum absolute atomic E-state index is 0. The number of hydrogen-bond acceptors (Lipinski definition) is 3. The molecular weight excluding hydrogens is 505 g/mol. The van der Waals surface area contributed by atoms with Crippen molar-refractivity contribution in [1.82, 2.24) is 5.32 Å². The maximum absolute atomic E-state index is 11.5. The largest absolute Gasteiger partial charge is 0.676 e. The van der Waals surface area contributed by atoms with E-state index >= 15 is 0 Å². The first-order valence-corrected chi connectivity index (χ1v) is 6.27. The third kappa shape index (κ3) is 6.21. The van der Waals surface area contributed by atoms with E-state index < -0.39 is 0 Å². The summed E-state index contributed by atoms with van der Waals surface area (Å²) in [5, 5.41) is 2.89. The van der Waals surface area contributed by atoms with Crippen molar-refractivity contribution in [1.29, 1.82) is 0 Å². The second kappa shape index (κ2) is 10.4. The zero-order valence-corrected chi connectivity index (χ0v) is 18.2. The van der Waals surface area contributed by atoms with Crippen molar-refractivity contribution in [3.8, 4) is 0 Å². The van der Waals surface area contributed by atoms with Crippen molar-refractivity contribution in [3.05, 3.63) is 12.2 Å². The van der Waals surface area contributed by atoms with Gasteiger partial charge in [-0.15, -0.1) is 0 Å². The molecule has 1 fully saturated rings. The van der Waals surface area contributed by atoms with Crippen LogP contribution in [0.15, 0.2) is 0 Å². The molecular formula is C13H22N2O3WY-2. The molecule has 0 aliphatic heterocycles. The van der Waals surface area contributed by atoms with Crippen LogP contribution in [0.2, 0.25) is 0 Å². The van der Waals surface area contributed by atoms with Gasteiger partial charge >= 0.3 is 0 Å². The fourth-order valence-corrected chi connectivity index (χ4v) is 2.55. The minimum Gasteiger partial charge on any atom is -0.676 e. The molecule has 113 valence electrons. The van der Waals surface area contributed by atoms with Crippen LogP contribution in [0, 0.1) is 24.2 Å². The van der Waals surface area contributed by atoms with Crippen molar-refractivity contribution in [2.45, 2.75) is 39.3 Å². The molecule has 1 saturated carbocycles. The Morgan fingerprint density at radius 3 is 2.35 bits per heavy atom. The normalized spacial score (nSPS) is 26.2. The molecule has 0 aromatic rings. The van der Waals surface area contributed by atoms with Gasteiger partial charge in [0.05, 0.1) is 7.11 Å². The first-order valence-electron chi connectivity index (χ1n) is 6.27. The van der Waals surface area contributed by atoms with Gasteiger partial charge in [0.15, 0.2) is 0 Å². The van der Waals surface area contributed by atoms with Gasteiger partial charge in [-0.2, -0.15) is 12.0 Å². The predicted octanol–water partition coefficient (Wildman–Crippen LogP) is 1.58. The summed E-state index contributed by atoms with van der Waals surface area (Å²) in [6.45, 7) is 5.49. The monoisotopic (exact) mass is 527 g/mol. The molecule has 0 heterocycles. The third-order valence-electron chi connectivity index (χ3n) is 3.43. The Morgan fingerprint density at radius 2 is 1.95 bits per heavy atom. The zero-order chi connectivity index (χ0) is 13.9. The number of ether oxygens (including phenoxy) is 1. The maximum atomic E-state index is 11.5. The van der Waals surface area contributed by atoms with Crippen molar-refractivity contribution in [3.63, 3.8) is 0 Å². The summed E-state index contributed by atoms with van der Waals surface area (Å²) in [6, 6.07) is -0.465. The van der Waals surface area contributed by atoms with E-state index in [0.717, 1.165) is 0 Å². The average Bonchev–Trinajstić information content (AvgIpc) is 2.66. The molecule has 1 aliphatic carbocycles. The Kier molecular flexibility index (Phi) is 12.0. The zero-order valence-electron chi connectivity index (χ0n) is 12.4. The second-order valence-corrected chi connectivity index (χ2v) is 5.21. The molecule has 20 heavy (non-hydrogen) atoms. The summed E-state index contributed by atoms with van der Waals surface area (Å²) in [6.07, 6.45) is 2.34. The SMILES string of the molecule is COC(=O)C1[CH-][C@@H](C(NC(C)=O)C(C)C)C([NH-])C1.[W].[Y]. The smallest absolute Gasteiger partial charge is 0.278 e. The molecule has 0 aromatic carbocycles. The van der Waals surface area contributed by atoms with Gasteiger partial charge in [0, 0.05) is 66.7 Å². The fourth-order valence-electron chi connectivity index (χ4n) is 2.55. The number of amides is 1. The van der Waals surface area contributed by atoms with Gasteiger partial charge in [-0.1, -0.05) is 26.2 Å². The summed E-state index contributed by atoms with van der Waals surface area (Å²) < 4.78 is 4.71. The standard InChI is InChI=1S/C13H22N2O3.W.Y/c1-7(2)12(15-8(3)16)10-5-9(6-11(10)14)13(17)18-4;;/h5,7,9-12,14H,6H2,1-4H3,(H,15,16);;/q-2;;/t9?,10-,11?,12?;;/m1../s1. The van der Waals surface area contributed by atoms with Crippen LogP contribution in [-0.4, -0.2) is 31.1 Å². The van der Waals surface area contributed by atoms with E-state index in [9.17, 15) is 9.59 Å². The molecule has 0 spiro atoms. The number of carbonyl (C=O) groups excluding carboxylic acids is 2. The van der Waals surface area contributed by atoms with Gasteiger partial charge in [0.25, 0.3) is 5.97 Å². The second-order valence-electron chi connectivity index (χ2n) is 5.21. The van der Waals surface area contributed by atoms with Crippen LogP contribution in [0.25, 0.3) is 5.73 Å². The quantitative estimate of drug-likeness (QED) is 0.446. The molecule has 0 saturated heterocycles. The summed E-state index contributed by atoms with van der Waals surface area (Å²) in [7, 11) is 1.36. The Bertz CT molecular complexity index is 329. The van der Waals surface area contributed by atoms with E-state index in [2.05, 4.69) is 5.32 Å². The molecule has 5 nitrogen and oxygen atoms in total. The van der Waals surface area contributed by atoms with Gasteiger partial charge < -0.3 is 22.2 Å². The Balaban J connectivity index is 0. The van der Waals surface area contributed by atoms with Crippen LogP contribution >= 0.6 is 0 Å². The third-order valence-corrected chi connectivity index (χ3v) is 3.43. The molecule has 0 aromatic heterocycles. The maximum Gasteiger partial charge on any atom is 0.278 e. The Morgan fingerprint density at radius 1 is 1.40 bits per heavy atom. The summed E-state index contributed by atoms with van der Waals surface area (Å²) in [5.41, 5.74) is 8.07. The number of esters is 1. The molecule has 1 amide bonds. The number of methoxy groups -OCH3 is 1. The minimum atomic E-state index is -0.367. The van der Waals surface area contributed by atoms with Crippen molar-refractivity contribution in [2.75, 3.05) is 7.11 Å². The van der Waals surface area contributed by atoms with E-state index in [1.54, 1.807) is 0 Å². The van der Waals surface area contributed by atoms with Crippen LogP contribution in [0.1, 0.15) is 27.2 Å². The molecule has 0 bridgehead atoms. The van der Waals surface area contributed by atoms with Crippen molar-refractivity contribution >= 4 is 11.9 Å².